The lowest BCUT2D eigenvalue weighted by Crippen LogP contribution is -2.14. The van der Waals surface area contributed by atoms with Crippen LogP contribution in [0.25, 0.3) is 0 Å². The van der Waals surface area contributed by atoms with Crippen LogP contribution in [-0.2, 0) is 9.84 Å². The Morgan fingerprint density at radius 1 is 1.24 bits per heavy atom. The molecule has 4 heteroatoms. The van der Waals surface area contributed by atoms with Crippen molar-refractivity contribution < 1.29 is 8.42 Å². The van der Waals surface area contributed by atoms with Gasteiger partial charge < -0.3 is 5.32 Å². The van der Waals surface area contributed by atoms with Crippen LogP contribution < -0.4 is 5.32 Å². The van der Waals surface area contributed by atoms with Crippen LogP contribution in [0.4, 0.5) is 0 Å². The van der Waals surface area contributed by atoms with Crippen molar-refractivity contribution in [1.82, 2.24) is 5.32 Å². The molecule has 1 fully saturated rings. The van der Waals surface area contributed by atoms with Crippen molar-refractivity contribution in [1.29, 1.82) is 0 Å². The first-order valence-electron chi connectivity index (χ1n) is 6.06. The van der Waals surface area contributed by atoms with Gasteiger partial charge in [0, 0.05) is 6.54 Å². The van der Waals surface area contributed by atoms with Crippen molar-refractivity contribution in [3.05, 3.63) is 29.8 Å². The number of sulfone groups is 1. The van der Waals surface area contributed by atoms with Crippen molar-refractivity contribution in [2.24, 2.45) is 0 Å². The summed E-state index contributed by atoms with van der Waals surface area (Å²) in [6, 6.07) is 7.38. The van der Waals surface area contributed by atoms with Crippen LogP contribution in [0.15, 0.2) is 29.2 Å². The summed E-state index contributed by atoms with van der Waals surface area (Å²) in [5, 5.41) is 2.96. The Hall–Kier alpha value is -0.870. The first kappa shape index (κ1) is 12.6. The summed E-state index contributed by atoms with van der Waals surface area (Å²) in [6.45, 7) is 5.47. The van der Waals surface area contributed by atoms with Gasteiger partial charge in [0.15, 0.2) is 9.84 Å². The largest absolute Gasteiger partial charge is 0.316 e. The Morgan fingerprint density at radius 3 is 2.35 bits per heavy atom. The Balaban J connectivity index is 2.24. The van der Waals surface area contributed by atoms with Gasteiger partial charge in [-0.15, -0.1) is 0 Å². The van der Waals surface area contributed by atoms with Gasteiger partial charge in [0.25, 0.3) is 0 Å². The van der Waals surface area contributed by atoms with Gasteiger partial charge in [0.05, 0.1) is 10.1 Å². The van der Waals surface area contributed by atoms with Gasteiger partial charge >= 0.3 is 0 Å². The minimum absolute atomic E-state index is 0.360. The molecule has 0 bridgehead atoms. The van der Waals surface area contributed by atoms with Gasteiger partial charge in [-0.2, -0.15) is 0 Å². The number of nitrogens with one attached hydrogen (secondary N) is 1. The fourth-order valence-corrected chi connectivity index (χ4v) is 3.20. The molecule has 94 valence electrons. The van der Waals surface area contributed by atoms with E-state index < -0.39 is 9.84 Å². The van der Waals surface area contributed by atoms with E-state index in [-0.39, 0.29) is 5.25 Å². The highest BCUT2D eigenvalue weighted by molar-refractivity contribution is 7.92. The monoisotopic (exact) mass is 253 g/mol. The van der Waals surface area contributed by atoms with Crippen LogP contribution in [-0.4, -0.2) is 26.8 Å². The van der Waals surface area contributed by atoms with Crippen molar-refractivity contribution in [2.45, 2.75) is 36.3 Å². The number of hydrogen-bond acceptors (Lipinski definition) is 3. The van der Waals surface area contributed by atoms with Crippen molar-refractivity contribution in [3.8, 4) is 0 Å². The van der Waals surface area contributed by atoms with E-state index >= 15 is 0 Å². The van der Waals surface area contributed by atoms with Crippen LogP contribution in [0.2, 0.25) is 0 Å². The molecule has 1 unspecified atom stereocenters. The summed E-state index contributed by atoms with van der Waals surface area (Å²) in [4.78, 5) is 0.433. The zero-order valence-electron chi connectivity index (χ0n) is 10.3. The van der Waals surface area contributed by atoms with Crippen LogP contribution in [0, 0.1) is 0 Å². The Labute approximate surface area is 103 Å². The lowest BCUT2D eigenvalue weighted by atomic mass is 9.99. The third-order valence-electron chi connectivity index (χ3n) is 3.36. The third-order valence-corrected chi connectivity index (χ3v) is 5.53. The Morgan fingerprint density at radius 2 is 1.88 bits per heavy atom. The molecular weight excluding hydrogens is 234 g/mol. The predicted molar refractivity (Wildman–Crippen MR) is 69.0 cm³/mol. The van der Waals surface area contributed by atoms with Gasteiger partial charge in [0.2, 0.25) is 0 Å². The quantitative estimate of drug-likeness (QED) is 0.895. The molecule has 1 aromatic carbocycles. The van der Waals surface area contributed by atoms with Crippen LogP contribution in [0.3, 0.4) is 0 Å². The second kappa shape index (κ2) is 4.78. The Kier molecular flexibility index (Phi) is 3.54. The maximum atomic E-state index is 12.0. The molecule has 0 amide bonds. The average Bonchev–Trinajstić information content (AvgIpc) is 2.82. The molecule has 1 atom stereocenters. The molecule has 1 aliphatic rings. The van der Waals surface area contributed by atoms with Crippen molar-refractivity contribution in [2.75, 3.05) is 13.1 Å². The molecule has 0 aliphatic carbocycles. The molecule has 17 heavy (non-hydrogen) atoms. The van der Waals surface area contributed by atoms with E-state index in [4.69, 9.17) is 0 Å². The lowest BCUT2D eigenvalue weighted by Gasteiger charge is -2.11. The predicted octanol–water partition coefficient (Wildman–Crippen LogP) is 1.95. The standard InChI is InChI=1S/C13H19NO2S/c1-10(2)17(15,16)13-5-3-11(4-6-13)12-7-8-14-9-12/h3-6,10,12,14H,7-9H2,1-2H3. The SMILES string of the molecule is CC(C)S(=O)(=O)c1ccc(C2CCNC2)cc1. The zero-order valence-corrected chi connectivity index (χ0v) is 11.1. The molecule has 2 rings (SSSR count). The summed E-state index contributed by atoms with van der Waals surface area (Å²) in [6.07, 6.45) is 1.14. The van der Waals surface area contributed by atoms with Crippen molar-refractivity contribution in [3.63, 3.8) is 0 Å². The molecular formula is C13H19NO2S. The average molecular weight is 253 g/mol. The zero-order chi connectivity index (χ0) is 12.5. The topological polar surface area (TPSA) is 46.2 Å². The fraction of sp³-hybridized carbons (Fsp3) is 0.538. The first-order chi connectivity index (χ1) is 8.01. The summed E-state index contributed by atoms with van der Waals surface area (Å²) < 4.78 is 23.9. The van der Waals surface area contributed by atoms with E-state index in [1.54, 1.807) is 26.0 Å². The van der Waals surface area contributed by atoms with Gasteiger partial charge in [-0.05, 0) is 50.4 Å². The molecule has 0 radical (unpaired) electrons. The van der Waals surface area contributed by atoms with E-state index in [2.05, 4.69) is 5.32 Å². The molecule has 0 spiro atoms. The van der Waals surface area contributed by atoms with Crippen LogP contribution in [0.1, 0.15) is 31.7 Å². The first-order valence-corrected chi connectivity index (χ1v) is 7.61. The number of benzene rings is 1. The highest BCUT2D eigenvalue weighted by atomic mass is 32.2. The minimum atomic E-state index is -3.13. The maximum absolute atomic E-state index is 12.0. The van der Waals surface area contributed by atoms with Gasteiger partial charge in [-0.3, -0.25) is 0 Å². The molecule has 0 aromatic heterocycles. The second-order valence-electron chi connectivity index (χ2n) is 4.85. The summed E-state index contributed by atoms with van der Waals surface area (Å²) in [5.41, 5.74) is 1.23. The minimum Gasteiger partial charge on any atom is -0.316 e. The Bertz CT molecular complexity index is 471. The second-order valence-corrected chi connectivity index (χ2v) is 7.36. The summed E-state index contributed by atoms with van der Waals surface area (Å²) >= 11 is 0. The van der Waals surface area contributed by atoms with Gasteiger partial charge in [-0.1, -0.05) is 12.1 Å². The summed E-state index contributed by atoms with van der Waals surface area (Å²) in [5.74, 6) is 0.533. The summed E-state index contributed by atoms with van der Waals surface area (Å²) in [7, 11) is -3.13. The highest BCUT2D eigenvalue weighted by Crippen LogP contribution is 2.24. The van der Waals surface area contributed by atoms with Gasteiger partial charge in [-0.25, -0.2) is 8.42 Å². The van der Waals surface area contributed by atoms with E-state index in [0.717, 1.165) is 19.5 Å². The molecule has 1 saturated heterocycles. The lowest BCUT2D eigenvalue weighted by molar-refractivity contribution is 0.587. The molecule has 0 saturated carbocycles. The van der Waals surface area contributed by atoms with E-state index in [9.17, 15) is 8.42 Å². The van der Waals surface area contributed by atoms with Crippen molar-refractivity contribution >= 4 is 9.84 Å². The fourth-order valence-electron chi connectivity index (χ4n) is 2.14. The smallest absolute Gasteiger partial charge is 0.180 e. The molecule has 1 aliphatic heterocycles. The molecule has 1 N–H and O–H groups in total. The number of rotatable bonds is 3. The van der Waals surface area contributed by atoms with Crippen LogP contribution >= 0.6 is 0 Å². The van der Waals surface area contributed by atoms with E-state index in [0.29, 0.717) is 10.8 Å². The van der Waals surface area contributed by atoms with E-state index in [1.807, 2.05) is 12.1 Å². The normalized spacial score (nSPS) is 21.0. The molecule has 1 heterocycles. The van der Waals surface area contributed by atoms with E-state index in [1.165, 1.54) is 5.56 Å². The van der Waals surface area contributed by atoms with Gasteiger partial charge in [0.1, 0.15) is 0 Å². The third kappa shape index (κ3) is 2.53. The highest BCUT2D eigenvalue weighted by Gasteiger charge is 2.20. The molecule has 1 aromatic rings. The van der Waals surface area contributed by atoms with Crippen LogP contribution in [0.5, 0.6) is 0 Å². The maximum Gasteiger partial charge on any atom is 0.180 e. The molecule has 3 nitrogen and oxygen atoms in total. The number of hydrogen-bond donors (Lipinski definition) is 1.